The first-order chi connectivity index (χ1) is 10.6. The van der Waals surface area contributed by atoms with Crippen LogP contribution < -0.4 is 9.47 Å². The number of carbonyl (C=O) groups is 1. The summed E-state index contributed by atoms with van der Waals surface area (Å²) in [6.45, 7) is 0.170. The first-order valence-corrected chi connectivity index (χ1v) is 6.76. The van der Waals surface area contributed by atoms with Crippen molar-refractivity contribution in [3.8, 4) is 11.5 Å². The monoisotopic (exact) mass is 321 g/mol. The molecule has 0 atom stereocenters. The zero-order valence-corrected chi connectivity index (χ0v) is 12.2. The van der Waals surface area contributed by atoms with E-state index in [-0.39, 0.29) is 29.5 Å². The van der Waals surface area contributed by atoms with Crippen molar-refractivity contribution in [2.75, 3.05) is 6.61 Å². The summed E-state index contributed by atoms with van der Waals surface area (Å²) in [5.41, 5.74) is -0.242. The fourth-order valence-corrected chi connectivity index (χ4v) is 1.89. The minimum atomic E-state index is -0.609. The van der Waals surface area contributed by atoms with Crippen molar-refractivity contribution in [2.45, 2.75) is 6.42 Å². The Labute approximate surface area is 131 Å². The molecule has 6 nitrogen and oxygen atoms in total. The maximum Gasteiger partial charge on any atom is 0.314 e. The van der Waals surface area contributed by atoms with Crippen LogP contribution in [0.5, 0.6) is 11.5 Å². The van der Waals surface area contributed by atoms with Crippen molar-refractivity contribution >= 4 is 23.3 Å². The third-order valence-corrected chi connectivity index (χ3v) is 2.97. The van der Waals surface area contributed by atoms with E-state index in [4.69, 9.17) is 21.1 Å². The zero-order chi connectivity index (χ0) is 15.9. The first kappa shape index (κ1) is 15.8. The number of benzene rings is 2. The summed E-state index contributed by atoms with van der Waals surface area (Å²) in [5.74, 6) is 0.301. The lowest BCUT2D eigenvalue weighted by molar-refractivity contribution is -0.384. The molecule has 0 bridgehead atoms. The minimum absolute atomic E-state index is 0.0451. The van der Waals surface area contributed by atoms with Gasteiger partial charge in [-0.15, -0.1) is 0 Å². The Morgan fingerprint density at radius 2 is 1.86 bits per heavy atom. The summed E-state index contributed by atoms with van der Waals surface area (Å²) in [6, 6.07) is 12.8. The van der Waals surface area contributed by atoms with Gasteiger partial charge in [0.05, 0.1) is 18.0 Å². The largest absolute Gasteiger partial charge is 0.493 e. The molecule has 2 aromatic rings. The molecule has 0 fully saturated rings. The zero-order valence-electron chi connectivity index (χ0n) is 11.4. The highest BCUT2D eigenvalue weighted by Crippen LogP contribution is 2.28. The van der Waals surface area contributed by atoms with Gasteiger partial charge in [-0.05, 0) is 18.2 Å². The van der Waals surface area contributed by atoms with E-state index in [9.17, 15) is 14.9 Å². The van der Waals surface area contributed by atoms with Gasteiger partial charge in [-0.1, -0.05) is 29.8 Å². The Kier molecular flexibility index (Phi) is 5.32. The van der Waals surface area contributed by atoms with Crippen molar-refractivity contribution in [1.82, 2.24) is 0 Å². The lowest BCUT2D eigenvalue weighted by Crippen LogP contribution is -2.12. The summed E-state index contributed by atoms with van der Waals surface area (Å²) in [6.07, 6.45) is 0.0451. The van der Waals surface area contributed by atoms with Gasteiger partial charge in [0.1, 0.15) is 16.5 Å². The normalized spacial score (nSPS) is 10.0. The van der Waals surface area contributed by atoms with E-state index in [1.807, 2.05) is 18.2 Å². The molecule has 114 valence electrons. The summed E-state index contributed by atoms with van der Waals surface area (Å²) in [7, 11) is 0. The Bertz CT molecular complexity index is 675. The number of rotatable bonds is 6. The van der Waals surface area contributed by atoms with E-state index in [0.717, 1.165) is 0 Å². The van der Waals surface area contributed by atoms with Crippen molar-refractivity contribution < 1.29 is 19.2 Å². The van der Waals surface area contributed by atoms with E-state index in [1.54, 1.807) is 12.1 Å². The molecule has 2 aromatic carbocycles. The van der Waals surface area contributed by atoms with Crippen molar-refractivity contribution in [3.05, 3.63) is 63.7 Å². The van der Waals surface area contributed by atoms with E-state index in [1.165, 1.54) is 18.2 Å². The van der Waals surface area contributed by atoms with E-state index in [2.05, 4.69) is 0 Å². The van der Waals surface area contributed by atoms with E-state index < -0.39 is 10.9 Å². The molecule has 0 saturated carbocycles. The number of carbonyl (C=O) groups excluding carboxylic acids is 1. The third kappa shape index (κ3) is 4.46. The van der Waals surface area contributed by atoms with Gasteiger partial charge in [-0.25, -0.2) is 0 Å². The Morgan fingerprint density at radius 1 is 1.14 bits per heavy atom. The Balaban J connectivity index is 1.84. The van der Waals surface area contributed by atoms with Crippen molar-refractivity contribution in [1.29, 1.82) is 0 Å². The molecule has 2 rings (SSSR count). The van der Waals surface area contributed by atoms with Crippen molar-refractivity contribution in [3.63, 3.8) is 0 Å². The van der Waals surface area contributed by atoms with Crippen LogP contribution in [-0.2, 0) is 4.79 Å². The highest BCUT2D eigenvalue weighted by molar-refractivity contribution is 6.32. The summed E-state index contributed by atoms with van der Waals surface area (Å²) in [5, 5.41) is 10.5. The Hall–Kier alpha value is -2.60. The molecule has 0 N–H and O–H groups in total. The standard InChI is InChI=1S/C15H12ClNO5/c16-13-10-12(6-7-14(13)17(19)20)22-15(18)8-9-21-11-4-2-1-3-5-11/h1-7,10H,8-9H2. The fourth-order valence-electron chi connectivity index (χ4n) is 1.65. The van der Waals surface area contributed by atoms with Crippen LogP contribution in [0, 0.1) is 10.1 Å². The smallest absolute Gasteiger partial charge is 0.314 e. The van der Waals surface area contributed by atoms with Crippen LogP contribution in [0.2, 0.25) is 5.02 Å². The molecule has 0 aliphatic heterocycles. The lowest BCUT2D eigenvalue weighted by Gasteiger charge is -2.07. The van der Waals surface area contributed by atoms with Gasteiger partial charge in [-0.3, -0.25) is 14.9 Å². The predicted molar refractivity (Wildman–Crippen MR) is 80.3 cm³/mol. The summed E-state index contributed by atoms with van der Waals surface area (Å²) in [4.78, 5) is 21.7. The molecule has 0 radical (unpaired) electrons. The minimum Gasteiger partial charge on any atom is -0.493 e. The van der Waals surface area contributed by atoms with E-state index in [0.29, 0.717) is 5.75 Å². The molecule has 0 amide bonds. The quantitative estimate of drug-likeness (QED) is 0.351. The SMILES string of the molecule is O=C(CCOc1ccccc1)Oc1ccc([N+](=O)[O-])c(Cl)c1. The highest BCUT2D eigenvalue weighted by Gasteiger charge is 2.14. The number of nitro groups is 1. The van der Waals surface area contributed by atoms with E-state index >= 15 is 0 Å². The van der Waals surface area contributed by atoms with Gasteiger partial charge in [0.25, 0.3) is 5.69 Å². The number of nitrogens with zero attached hydrogens (tertiary/aromatic N) is 1. The summed E-state index contributed by atoms with van der Waals surface area (Å²) < 4.78 is 10.4. The van der Waals surface area contributed by atoms with Crippen LogP contribution in [0.4, 0.5) is 5.69 Å². The number of hydrogen-bond donors (Lipinski definition) is 0. The number of hydrogen-bond acceptors (Lipinski definition) is 5. The maximum absolute atomic E-state index is 11.7. The molecule has 0 unspecified atom stereocenters. The maximum atomic E-state index is 11.7. The molecule has 0 aliphatic carbocycles. The molecular formula is C15H12ClNO5. The second-order valence-corrected chi connectivity index (χ2v) is 4.66. The Morgan fingerprint density at radius 3 is 2.50 bits per heavy atom. The first-order valence-electron chi connectivity index (χ1n) is 6.39. The second-order valence-electron chi connectivity index (χ2n) is 4.26. The number of halogens is 1. The van der Waals surface area contributed by atoms with Crippen LogP contribution in [0.3, 0.4) is 0 Å². The van der Waals surface area contributed by atoms with Crippen molar-refractivity contribution in [2.24, 2.45) is 0 Å². The molecule has 0 heterocycles. The molecule has 22 heavy (non-hydrogen) atoms. The lowest BCUT2D eigenvalue weighted by atomic mass is 10.3. The molecule has 0 aromatic heterocycles. The van der Waals surface area contributed by atoms with Gasteiger partial charge >= 0.3 is 5.97 Å². The van der Waals surface area contributed by atoms with Gasteiger partial charge in [0, 0.05) is 12.1 Å². The molecule has 0 spiro atoms. The number of esters is 1. The highest BCUT2D eigenvalue weighted by atomic mass is 35.5. The second kappa shape index (κ2) is 7.42. The van der Waals surface area contributed by atoms with Crippen LogP contribution in [0.1, 0.15) is 6.42 Å². The average molecular weight is 322 g/mol. The van der Waals surface area contributed by atoms with Gasteiger partial charge in [-0.2, -0.15) is 0 Å². The predicted octanol–water partition coefficient (Wildman–Crippen LogP) is 3.62. The molecule has 7 heteroatoms. The molecule has 0 aliphatic rings. The van der Waals surface area contributed by atoms with Crippen LogP contribution >= 0.6 is 11.6 Å². The van der Waals surface area contributed by atoms with Gasteiger partial charge < -0.3 is 9.47 Å². The number of ether oxygens (including phenoxy) is 2. The topological polar surface area (TPSA) is 78.7 Å². The molecule has 0 saturated heterocycles. The molecular weight excluding hydrogens is 310 g/mol. The summed E-state index contributed by atoms with van der Waals surface area (Å²) >= 11 is 5.73. The van der Waals surface area contributed by atoms with Crippen LogP contribution in [0.15, 0.2) is 48.5 Å². The van der Waals surface area contributed by atoms with Gasteiger partial charge in [0.2, 0.25) is 0 Å². The van der Waals surface area contributed by atoms with Crippen LogP contribution in [0.25, 0.3) is 0 Å². The average Bonchev–Trinajstić information content (AvgIpc) is 2.48. The number of nitro benzene ring substituents is 1. The third-order valence-electron chi connectivity index (χ3n) is 2.67. The number of para-hydroxylation sites is 1. The van der Waals surface area contributed by atoms with Crippen LogP contribution in [-0.4, -0.2) is 17.5 Å². The van der Waals surface area contributed by atoms with Gasteiger partial charge in [0.15, 0.2) is 0 Å². The fraction of sp³-hybridized carbons (Fsp3) is 0.133.